The molecular formula is C20H23N3O7S. The molecule has 1 fully saturated rings. The molecule has 3 rings (SSSR count). The van der Waals surface area contributed by atoms with Crippen LogP contribution in [0.25, 0.3) is 0 Å². The number of nitrogens with one attached hydrogen (secondary N) is 1. The molecule has 0 bridgehead atoms. The lowest BCUT2D eigenvalue weighted by molar-refractivity contribution is 0.0730. The normalized spacial score (nSPS) is 15.0. The number of aromatic hydroxyl groups is 1. The molecule has 0 aromatic heterocycles. The summed E-state index contributed by atoms with van der Waals surface area (Å²) in [7, 11) is -0.922. The van der Waals surface area contributed by atoms with Crippen LogP contribution in [0.5, 0.6) is 17.2 Å². The van der Waals surface area contributed by atoms with Gasteiger partial charge in [0.1, 0.15) is 0 Å². The maximum absolute atomic E-state index is 12.8. The van der Waals surface area contributed by atoms with Gasteiger partial charge in [-0.15, -0.1) is 0 Å². The van der Waals surface area contributed by atoms with Crippen molar-refractivity contribution in [3.8, 4) is 17.2 Å². The van der Waals surface area contributed by atoms with Gasteiger partial charge in [0.05, 0.1) is 38.5 Å². The SMILES string of the molecule is COc1cc(C=NNC(=O)c2cccc(S(=O)(=O)N3CCOCC3)c2)cc(OC)c1O. The van der Waals surface area contributed by atoms with Gasteiger partial charge in [0.15, 0.2) is 11.5 Å². The van der Waals surface area contributed by atoms with Gasteiger partial charge in [0, 0.05) is 24.2 Å². The number of hydrogen-bond acceptors (Lipinski definition) is 8. The minimum atomic E-state index is -3.72. The quantitative estimate of drug-likeness (QED) is 0.480. The van der Waals surface area contributed by atoms with E-state index in [2.05, 4.69) is 10.5 Å². The predicted octanol–water partition coefficient (Wildman–Crippen LogP) is 1.19. The number of methoxy groups -OCH3 is 2. The fourth-order valence-electron chi connectivity index (χ4n) is 2.95. The van der Waals surface area contributed by atoms with E-state index in [0.717, 1.165) is 0 Å². The first-order valence-electron chi connectivity index (χ1n) is 9.33. The molecule has 0 unspecified atom stereocenters. The lowest BCUT2D eigenvalue weighted by atomic mass is 10.2. The van der Waals surface area contributed by atoms with Crippen molar-refractivity contribution in [2.75, 3.05) is 40.5 Å². The third kappa shape index (κ3) is 5.13. The Morgan fingerprint density at radius 2 is 1.81 bits per heavy atom. The van der Waals surface area contributed by atoms with Crippen molar-refractivity contribution in [3.63, 3.8) is 0 Å². The monoisotopic (exact) mass is 449 g/mol. The minimum Gasteiger partial charge on any atom is -0.502 e. The summed E-state index contributed by atoms with van der Waals surface area (Å²) in [5.41, 5.74) is 3.01. The Hall–Kier alpha value is -3.15. The standard InChI is InChI=1S/C20H23N3O7S/c1-28-17-10-14(11-18(29-2)19(17)24)13-21-22-20(25)15-4-3-5-16(12-15)31(26,27)23-6-8-30-9-7-23/h3-5,10-13,24H,6-9H2,1-2H3,(H,22,25). The molecule has 166 valence electrons. The molecule has 0 radical (unpaired) electrons. The van der Waals surface area contributed by atoms with Gasteiger partial charge in [-0.05, 0) is 30.3 Å². The van der Waals surface area contributed by atoms with Crippen LogP contribution in [0.4, 0.5) is 0 Å². The summed E-state index contributed by atoms with van der Waals surface area (Å²) in [5, 5.41) is 13.8. The van der Waals surface area contributed by atoms with E-state index in [1.807, 2.05) is 0 Å². The summed E-state index contributed by atoms with van der Waals surface area (Å²) >= 11 is 0. The summed E-state index contributed by atoms with van der Waals surface area (Å²) in [6, 6.07) is 8.78. The van der Waals surface area contributed by atoms with Crippen molar-refractivity contribution in [2.24, 2.45) is 5.10 Å². The van der Waals surface area contributed by atoms with Gasteiger partial charge in [0.2, 0.25) is 15.8 Å². The zero-order valence-electron chi connectivity index (χ0n) is 17.1. The molecule has 1 aliphatic heterocycles. The van der Waals surface area contributed by atoms with Crippen LogP contribution in [0.15, 0.2) is 46.4 Å². The first-order chi connectivity index (χ1) is 14.9. The number of amides is 1. The molecule has 11 heteroatoms. The van der Waals surface area contributed by atoms with E-state index < -0.39 is 15.9 Å². The molecule has 2 aromatic carbocycles. The Morgan fingerprint density at radius 1 is 1.16 bits per heavy atom. The number of hydrogen-bond donors (Lipinski definition) is 2. The van der Waals surface area contributed by atoms with Crippen molar-refractivity contribution in [1.29, 1.82) is 0 Å². The van der Waals surface area contributed by atoms with Crippen LogP contribution < -0.4 is 14.9 Å². The average molecular weight is 449 g/mol. The molecule has 31 heavy (non-hydrogen) atoms. The first-order valence-corrected chi connectivity index (χ1v) is 10.8. The zero-order valence-corrected chi connectivity index (χ0v) is 17.9. The molecule has 1 amide bonds. The topological polar surface area (TPSA) is 127 Å². The summed E-state index contributed by atoms with van der Waals surface area (Å²) in [4.78, 5) is 12.5. The summed E-state index contributed by atoms with van der Waals surface area (Å²) in [5.74, 6) is -0.348. The number of ether oxygens (including phenoxy) is 3. The van der Waals surface area contributed by atoms with Crippen LogP contribution >= 0.6 is 0 Å². The highest BCUT2D eigenvalue weighted by atomic mass is 32.2. The Morgan fingerprint density at radius 3 is 2.42 bits per heavy atom. The van der Waals surface area contributed by atoms with Crippen molar-refractivity contribution >= 4 is 22.1 Å². The number of carbonyl (C=O) groups excluding carboxylic acids is 1. The highest BCUT2D eigenvalue weighted by Gasteiger charge is 2.26. The van der Waals surface area contributed by atoms with Gasteiger partial charge in [-0.25, -0.2) is 13.8 Å². The van der Waals surface area contributed by atoms with Crippen LogP contribution in [-0.4, -0.2) is 70.5 Å². The van der Waals surface area contributed by atoms with Crippen molar-refractivity contribution in [3.05, 3.63) is 47.5 Å². The molecule has 0 atom stereocenters. The minimum absolute atomic E-state index is 0.0269. The number of sulfonamides is 1. The highest BCUT2D eigenvalue weighted by Crippen LogP contribution is 2.36. The molecule has 10 nitrogen and oxygen atoms in total. The second-order valence-corrected chi connectivity index (χ2v) is 8.46. The van der Waals surface area contributed by atoms with Crippen LogP contribution in [0.1, 0.15) is 15.9 Å². The third-order valence-corrected chi connectivity index (χ3v) is 6.48. The van der Waals surface area contributed by atoms with E-state index in [1.54, 1.807) is 0 Å². The van der Waals surface area contributed by atoms with Gasteiger partial charge in [-0.3, -0.25) is 4.79 Å². The van der Waals surface area contributed by atoms with Gasteiger partial charge >= 0.3 is 0 Å². The lowest BCUT2D eigenvalue weighted by Crippen LogP contribution is -2.40. The second kappa shape index (κ2) is 9.77. The number of nitrogens with zero attached hydrogens (tertiary/aromatic N) is 2. The van der Waals surface area contributed by atoms with Crippen LogP contribution in [0.3, 0.4) is 0 Å². The predicted molar refractivity (Wildman–Crippen MR) is 112 cm³/mol. The largest absolute Gasteiger partial charge is 0.502 e. The van der Waals surface area contributed by atoms with Gasteiger partial charge < -0.3 is 19.3 Å². The molecule has 2 N–H and O–H groups in total. The Balaban J connectivity index is 1.74. The van der Waals surface area contributed by atoms with E-state index in [-0.39, 0.29) is 40.8 Å². The van der Waals surface area contributed by atoms with E-state index in [1.165, 1.54) is 61.1 Å². The van der Waals surface area contributed by atoms with Crippen molar-refractivity contribution < 1.29 is 32.5 Å². The Kier molecular flexibility index (Phi) is 7.10. The summed E-state index contributed by atoms with van der Waals surface area (Å²) < 4.78 is 42.2. The average Bonchev–Trinajstić information content (AvgIpc) is 2.80. The Labute approximate surface area is 180 Å². The highest BCUT2D eigenvalue weighted by molar-refractivity contribution is 7.89. The molecule has 1 heterocycles. The molecular weight excluding hydrogens is 426 g/mol. The molecule has 1 aliphatic rings. The zero-order chi connectivity index (χ0) is 22.4. The Bertz CT molecular complexity index is 1050. The van der Waals surface area contributed by atoms with E-state index in [9.17, 15) is 18.3 Å². The number of benzene rings is 2. The van der Waals surface area contributed by atoms with Crippen LogP contribution in [-0.2, 0) is 14.8 Å². The number of phenolic OH excluding ortho intramolecular Hbond substituents is 1. The number of phenols is 1. The summed E-state index contributed by atoms with van der Waals surface area (Å²) in [6.45, 7) is 1.20. The van der Waals surface area contributed by atoms with Crippen LogP contribution in [0, 0.1) is 0 Å². The number of carbonyl (C=O) groups is 1. The molecule has 0 spiro atoms. The van der Waals surface area contributed by atoms with E-state index in [0.29, 0.717) is 18.8 Å². The number of morpholine rings is 1. The summed E-state index contributed by atoms with van der Waals surface area (Å²) in [6.07, 6.45) is 1.34. The van der Waals surface area contributed by atoms with Gasteiger partial charge in [-0.1, -0.05) is 6.07 Å². The molecule has 2 aromatic rings. The molecule has 1 saturated heterocycles. The second-order valence-electron chi connectivity index (χ2n) is 6.52. The fourth-order valence-corrected chi connectivity index (χ4v) is 4.41. The molecule has 0 aliphatic carbocycles. The molecule has 0 saturated carbocycles. The van der Waals surface area contributed by atoms with Crippen molar-refractivity contribution in [2.45, 2.75) is 4.90 Å². The fraction of sp³-hybridized carbons (Fsp3) is 0.300. The van der Waals surface area contributed by atoms with E-state index in [4.69, 9.17) is 14.2 Å². The maximum atomic E-state index is 12.8. The first kappa shape index (κ1) is 22.5. The van der Waals surface area contributed by atoms with Crippen molar-refractivity contribution in [1.82, 2.24) is 9.73 Å². The van der Waals surface area contributed by atoms with E-state index >= 15 is 0 Å². The number of hydrazone groups is 1. The van der Waals surface area contributed by atoms with Crippen LogP contribution in [0.2, 0.25) is 0 Å². The number of rotatable bonds is 7. The van der Waals surface area contributed by atoms with Gasteiger partial charge in [0.25, 0.3) is 5.91 Å². The van der Waals surface area contributed by atoms with Gasteiger partial charge in [-0.2, -0.15) is 9.41 Å². The smallest absolute Gasteiger partial charge is 0.271 e. The lowest BCUT2D eigenvalue weighted by Gasteiger charge is -2.26. The third-order valence-electron chi connectivity index (χ3n) is 4.59. The maximum Gasteiger partial charge on any atom is 0.271 e.